The Morgan fingerprint density at radius 1 is 1.42 bits per heavy atom. The largest absolute Gasteiger partial charge is 0.466 e. The minimum Gasteiger partial charge on any atom is -0.466 e. The second-order valence-electron chi connectivity index (χ2n) is 4.36. The summed E-state index contributed by atoms with van der Waals surface area (Å²) in [5, 5.41) is 2.70. The SMILES string of the molecule is COC(=O)C1=C(C)NC(=O)C[C@H]1c1ccccc1I. The normalized spacial score (nSPS) is 19.1. The molecule has 1 amide bonds. The summed E-state index contributed by atoms with van der Waals surface area (Å²) in [6.07, 6.45) is 0.266. The van der Waals surface area contributed by atoms with Crippen LogP contribution in [-0.4, -0.2) is 19.0 Å². The predicted molar refractivity (Wildman–Crippen MR) is 79.4 cm³/mol. The van der Waals surface area contributed by atoms with Crippen LogP contribution in [0.3, 0.4) is 0 Å². The molecule has 4 nitrogen and oxygen atoms in total. The number of carbonyl (C=O) groups excluding carboxylic acids is 2. The maximum atomic E-state index is 11.9. The molecule has 1 heterocycles. The van der Waals surface area contributed by atoms with Gasteiger partial charge in [-0.2, -0.15) is 0 Å². The second kappa shape index (κ2) is 5.73. The summed E-state index contributed by atoms with van der Waals surface area (Å²) < 4.78 is 5.87. The van der Waals surface area contributed by atoms with Crippen molar-refractivity contribution >= 4 is 34.5 Å². The number of hydrogen-bond donors (Lipinski definition) is 1. The minimum atomic E-state index is -0.387. The van der Waals surface area contributed by atoms with Crippen LogP contribution >= 0.6 is 22.6 Å². The van der Waals surface area contributed by atoms with Gasteiger partial charge in [-0.3, -0.25) is 4.79 Å². The quantitative estimate of drug-likeness (QED) is 0.642. The average molecular weight is 371 g/mol. The van der Waals surface area contributed by atoms with Crippen LogP contribution in [-0.2, 0) is 14.3 Å². The van der Waals surface area contributed by atoms with Crippen molar-refractivity contribution < 1.29 is 14.3 Å². The summed E-state index contributed by atoms with van der Waals surface area (Å²) in [6.45, 7) is 1.73. The van der Waals surface area contributed by atoms with Gasteiger partial charge in [-0.25, -0.2) is 4.79 Å². The number of hydrogen-bond acceptors (Lipinski definition) is 3. The van der Waals surface area contributed by atoms with E-state index in [9.17, 15) is 9.59 Å². The van der Waals surface area contributed by atoms with E-state index < -0.39 is 0 Å². The van der Waals surface area contributed by atoms with Crippen molar-refractivity contribution in [2.45, 2.75) is 19.3 Å². The Kier molecular flexibility index (Phi) is 4.24. The molecule has 0 fully saturated rings. The van der Waals surface area contributed by atoms with Crippen LogP contribution in [0.1, 0.15) is 24.8 Å². The van der Waals surface area contributed by atoms with Crippen molar-refractivity contribution in [3.8, 4) is 0 Å². The lowest BCUT2D eigenvalue weighted by molar-refractivity contribution is -0.136. The molecule has 0 aliphatic carbocycles. The third-order valence-corrected chi connectivity index (χ3v) is 4.14. The van der Waals surface area contributed by atoms with Gasteiger partial charge in [0.05, 0.1) is 12.7 Å². The molecule has 0 aromatic heterocycles. The highest BCUT2D eigenvalue weighted by Gasteiger charge is 2.33. The summed E-state index contributed by atoms with van der Waals surface area (Å²) in [5.74, 6) is -0.703. The maximum Gasteiger partial charge on any atom is 0.336 e. The average Bonchev–Trinajstić information content (AvgIpc) is 2.37. The number of methoxy groups -OCH3 is 1. The molecule has 1 aromatic carbocycles. The van der Waals surface area contributed by atoms with Gasteiger partial charge in [0.25, 0.3) is 0 Å². The van der Waals surface area contributed by atoms with E-state index in [0.29, 0.717) is 11.3 Å². The van der Waals surface area contributed by atoms with E-state index in [0.717, 1.165) is 9.13 Å². The Hall–Kier alpha value is -1.37. The Morgan fingerprint density at radius 2 is 2.11 bits per heavy atom. The molecule has 2 rings (SSSR count). The van der Waals surface area contributed by atoms with Crippen molar-refractivity contribution in [1.29, 1.82) is 0 Å². The molecule has 0 saturated heterocycles. The molecular weight excluding hydrogens is 357 g/mol. The lowest BCUT2D eigenvalue weighted by atomic mass is 9.84. The molecular formula is C14H14INO3. The lowest BCUT2D eigenvalue weighted by Crippen LogP contribution is -2.34. The van der Waals surface area contributed by atoms with E-state index in [1.807, 2.05) is 24.3 Å². The van der Waals surface area contributed by atoms with Crippen molar-refractivity contribution in [2.24, 2.45) is 0 Å². The molecule has 0 saturated carbocycles. The molecule has 0 unspecified atom stereocenters. The van der Waals surface area contributed by atoms with Gasteiger partial charge in [-0.1, -0.05) is 18.2 Å². The molecule has 1 N–H and O–H groups in total. The van der Waals surface area contributed by atoms with Crippen LogP contribution in [0.15, 0.2) is 35.5 Å². The molecule has 0 bridgehead atoms. The first-order valence-electron chi connectivity index (χ1n) is 5.88. The molecule has 19 heavy (non-hydrogen) atoms. The molecule has 1 aliphatic rings. The van der Waals surface area contributed by atoms with Gasteiger partial charge in [0.15, 0.2) is 0 Å². The zero-order valence-corrected chi connectivity index (χ0v) is 12.9. The Balaban J connectivity index is 2.53. The van der Waals surface area contributed by atoms with E-state index in [1.165, 1.54) is 7.11 Å². The molecule has 100 valence electrons. The fourth-order valence-corrected chi connectivity index (χ4v) is 3.07. The minimum absolute atomic E-state index is 0.0743. The molecule has 0 spiro atoms. The zero-order chi connectivity index (χ0) is 14.0. The zero-order valence-electron chi connectivity index (χ0n) is 10.7. The van der Waals surface area contributed by atoms with E-state index >= 15 is 0 Å². The van der Waals surface area contributed by atoms with Crippen LogP contribution < -0.4 is 5.32 Å². The standard InChI is InChI=1S/C14H14INO3/c1-8-13(14(18)19-2)10(7-12(17)16-8)9-5-3-4-6-11(9)15/h3-6,10H,7H2,1-2H3,(H,16,17)/t10-/m0/s1. The fourth-order valence-electron chi connectivity index (χ4n) is 2.30. The fraction of sp³-hybridized carbons (Fsp3) is 0.286. The van der Waals surface area contributed by atoms with E-state index in [1.54, 1.807) is 6.92 Å². The number of rotatable bonds is 2. The summed E-state index contributed by atoms with van der Waals surface area (Å²) >= 11 is 2.22. The highest BCUT2D eigenvalue weighted by Crippen LogP contribution is 2.35. The molecule has 1 aromatic rings. The van der Waals surface area contributed by atoms with Gasteiger partial charge in [0.2, 0.25) is 5.91 Å². The predicted octanol–water partition coefficient (Wildman–Crippen LogP) is 2.34. The van der Waals surface area contributed by atoms with Crippen LogP contribution in [0.2, 0.25) is 0 Å². The van der Waals surface area contributed by atoms with Crippen molar-refractivity contribution in [1.82, 2.24) is 5.32 Å². The lowest BCUT2D eigenvalue weighted by Gasteiger charge is -2.26. The van der Waals surface area contributed by atoms with E-state index in [2.05, 4.69) is 27.9 Å². The Morgan fingerprint density at radius 3 is 2.74 bits per heavy atom. The van der Waals surface area contributed by atoms with Crippen molar-refractivity contribution in [3.63, 3.8) is 0 Å². The smallest absolute Gasteiger partial charge is 0.336 e. The maximum absolute atomic E-state index is 11.9. The number of ether oxygens (including phenoxy) is 1. The Labute approximate surface area is 125 Å². The van der Waals surface area contributed by atoms with Gasteiger partial charge >= 0.3 is 5.97 Å². The van der Waals surface area contributed by atoms with Crippen LogP contribution in [0.4, 0.5) is 0 Å². The third kappa shape index (κ3) is 2.80. The van der Waals surface area contributed by atoms with Gasteiger partial charge < -0.3 is 10.1 Å². The topological polar surface area (TPSA) is 55.4 Å². The number of esters is 1. The van der Waals surface area contributed by atoms with E-state index in [4.69, 9.17) is 4.74 Å². The number of halogens is 1. The van der Waals surface area contributed by atoms with Crippen molar-refractivity contribution in [2.75, 3.05) is 7.11 Å². The van der Waals surface area contributed by atoms with Crippen molar-refractivity contribution in [3.05, 3.63) is 44.7 Å². The first-order valence-corrected chi connectivity index (χ1v) is 6.95. The molecule has 0 radical (unpaired) electrons. The number of allylic oxidation sites excluding steroid dienone is 1. The number of amides is 1. The van der Waals surface area contributed by atoms with Gasteiger partial charge in [-0.15, -0.1) is 0 Å². The highest BCUT2D eigenvalue weighted by molar-refractivity contribution is 14.1. The van der Waals surface area contributed by atoms with Crippen LogP contribution in [0, 0.1) is 3.57 Å². The molecule has 1 aliphatic heterocycles. The summed E-state index contributed by atoms with van der Waals surface area (Å²) in [7, 11) is 1.35. The highest BCUT2D eigenvalue weighted by atomic mass is 127. The number of carbonyl (C=O) groups is 2. The third-order valence-electron chi connectivity index (χ3n) is 3.15. The van der Waals surface area contributed by atoms with Gasteiger partial charge in [-0.05, 0) is 41.1 Å². The number of nitrogens with one attached hydrogen (secondary N) is 1. The van der Waals surface area contributed by atoms with E-state index in [-0.39, 0.29) is 24.2 Å². The van der Waals surface area contributed by atoms with Gasteiger partial charge in [0.1, 0.15) is 0 Å². The number of benzene rings is 1. The summed E-state index contributed by atoms with van der Waals surface area (Å²) in [6, 6.07) is 7.75. The summed E-state index contributed by atoms with van der Waals surface area (Å²) in [4.78, 5) is 23.7. The second-order valence-corrected chi connectivity index (χ2v) is 5.52. The first-order chi connectivity index (χ1) is 9.04. The van der Waals surface area contributed by atoms with Gasteiger partial charge in [0, 0.05) is 21.6 Å². The van der Waals surface area contributed by atoms with Crippen LogP contribution in [0.25, 0.3) is 0 Å². The molecule has 1 atom stereocenters. The van der Waals surface area contributed by atoms with Crippen LogP contribution in [0.5, 0.6) is 0 Å². The summed E-state index contributed by atoms with van der Waals surface area (Å²) in [5.41, 5.74) is 2.09. The molecule has 5 heteroatoms. The Bertz CT molecular complexity index is 566. The first kappa shape index (κ1) is 14.0. The monoisotopic (exact) mass is 371 g/mol.